The Morgan fingerprint density at radius 1 is 1.10 bits per heavy atom. The van der Waals surface area contributed by atoms with Gasteiger partial charge < -0.3 is 10.2 Å². The van der Waals surface area contributed by atoms with Gasteiger partial charge in [-0.05, 0) is 63.1 Å². The van der Waals surface area contributed by atoms with Gasteiger partial charge in [-0.25, -0.2) is 0 Å². The third kappa shape index (κ3) is 7.02. The van der Waals surface area contributed by atoms with Crippen molar-refractivity contribution in [3.8, 4) is 0 Å². The lowest BCUT2D eigenvalue weighted by Crippen LogP contribution is -2.52. The van der Waals surface area contributed by atoms with Gasteiger partial charge in [0.15, 0.2) is 0 Å². The van der Waals surface area contributed by atoms with E-state index in [1.807, 2.05) is 45.0 Å². The largest absolute Gasteiger partial charge is 0.350 e. The van der Waals surface area contributed by atoms with Crippen LogP contribution < -0.4 is 5.32 Å². The Kier molecular flexibility index (Phi) is 8.15. The van der Waals surface area contributed by atoms with Gasteiger partial charge in [0.05, 0.1) is 6.42 Å². The fourth-order valence-electron chi connectivity index (χ4n) is 2.84. The predicted molar refractivity (Wildman–Crippen MR) is 122 cm³/mol. The van der Waals surface area contributed by atoms with Crippen LogP contribution >= 0.6 is 39.1 Å². The zero-order valence-corrected chi connectivity index (χ0v) is 20.0. The number of hydrogen-bond acceptors (Lipinski definition) is 2. The highest BCUT2D eigenvalue weighted by molar-refractivity contribution is 9.10. The van der Waals surface area contributed by atoms with Gasteiger partial charge >= 0.3 is 0 Å². The summed E-state index contributed by atoms with van der Waals surface area (Å²) in [5, 5.41) is 3.81. The molecule has 1 atom stereocenters. The maximum absolute atomic E-state index is 13.2. The summed E-state index contributed by atoms with van der Waals surface area (Å²) in [7, 11) is 0. The van der Waals surface area contributed by atoms with Gasteiger partial charge in [0.2, 0.25) is 11.8 Å². The lowest BCUT2D eigenvalue weighted by molar-refractivity contribution is -0.140. The summed E-state index contributed by atoms with van der Waals surface area (Å²) in [6.45, 7) is 7.73. The van der Waals surface area contributed by atoms with Crippen molar-refractivity contribution < 1.29 is 9.59 Å². The summed E-state index contributed by atoms with van der Waals surface area (Å²) in [6, 6.07) is 12.1. The first-order valence-corrected chi connectivity index (χ1v) is 10.8. The van der Waals surface area contributed by atoms with E-state index in [4.69, 9.17) is 23.2 Å². The normalized spacial score (nSPS) is 12.4. The fraction of sp³-hybridized carbons (Fsp3) is 0.364. The van der Waals surface area contributed by atoms with E-state index in [0.717, 1.165) is 10.0 Å². The molecule has 156 valence electrons. The van der Waals surface area contributed by atoms with Crippen LogP contribution in [0.25, 0.3) is 0 Å². The van der Waals surface area contributed by atoms with Crippen molar-refractivity contribution in [1.82, 2.24) is 10.2 Å². The van der Waals surface area contributed by atoms with Crippen molar-refractivity contribution in [2.24, 2.45) is 0 Å². The molecule has 2 amide bonds. The fourth-order valence-corrected chi connectivity index (χ4v) is 3.82. The number of rotatable bonds is 6. The molecule has 0 saturated heterocycles. The Morgan fingerprint density at radius 3 is 2.24 bits per heavy atom. The van der Waals surface area contributed by atoms with Crippen molar-refractivity contribution in [1.29, 1.82) is 0 Å². The molecule has 1 N–H and O–H groups in total. The second-order valence-electron chi connectivity index (χ2n) is 7.94. The molecule has 0 aliphatic carbocycles. The molecule has 2 rings (SSSR count). The summed E-state index contributed by atoms with van der Waals surface area (Å²) >= 11 is 15.9. The van der Waals surface area contributed by atoms with E-state index in [9.17, 15) is 9.59 Å². The molecule has 0 bridgehead atoms. The van der Waals surface area contributed by atoms with E-state index in [-0.39, 0.29) is 18.2 Å². The van der Waals surface area contributed by atoms with Gasteiger partial charge in [-0.2, -0.15) is 0 Å². The van der Waals surface area contributed by atoms with Crippen LogP contribution in [0.5, 0.6) is 0 Å². The molecule has 0 radical (unpaired) electrons. The van der Waals surface area contributed by atoms with Crippen LogP contribution in [-0.4, -0.2) is 28.3 Å². The number of hydrogen-bond donors (Lipinski definition) is 1. The van der Waals surface area contributed by atoms with Crippen LogP contribution in [0.2, 0.25) is 10.0 Å². The molecule has 0 saturated carbocycles. The zero-order valence-electron chi connectivity index (χ0n) is 16.9. The number of carbonyl (C=O) groups excluding carboxylic acids is 2. The lowest BCUT2D eigenvalue weighted by atomic mass is 10.1. The van der Waals surface area contributed by atoms with E-state index >= 15 is 0 Å². The van der Waals surface area contributed by atoms with Crippen molar-refractivity contribution >= 4 is 50.9 Å². The lowest BCUT2D eigenvalue weighted by Gasteiger charge is -2.31. The average molecular weight is 500 g/mol. The van der Waals surface area contributed by atoms with Gasteiger partial charge in [0.1, 0.15) is 6.04 Å². The molecular formula is C22H25BrCl2N2O2. The Morgan fingerprint density at radius 2 is 1.69 bits per heavy atom. The zero-order chi connectivity index (χ0) is 21.8. The van der Waals surface area contributed by atoms with E-state index in [2.05, 4.69) is 21.2 Å². The van der Waals surface area contributed by atoms with E-state index in [0.29, 0.717) is 22.2 Å². The summed E-state index contributed by atoms with van der Waals surface area (Å²) in [6.07, 6.45) is 0.0135. The van der Waals surface area contributed by atoms with E-state index in [1.54, 1.807) is 30.0 Å². The minimum Gasteiger partial charge on any atom is -0.350 e. The SMILES string of the molecule is C[C@H](C(=O)NC(C)(C)C)N(Cc1cccc(Br)c1)C(=O)Cc1c(Cl)cccc1Cl. The first kappa shape index (κ1) is 23.7. The Bertz CT molecular complexity index is 876. The molecule has 0 heterocycles. The first-order chi connectivity index (χ1) is 13.5. The number of nitrogens with zero attached hydrogens (tertiary/aromatic N) is 1. The molecule has 4 nitrogen and oxygen atoms in total. The van der Waals surface area contributed by atoms with Crippen LogP contribution in [0.3, 0.4) is 0 Å². The summed E-state index contributed by atoms with van der Waals surface area (Å²) in [5.74, 6) is -0.442. The summed E-state index contributed by atoms with van der Waals surface area (Å²) in [4.78, 5) is 27.6. The van der Waals surface area contributed by atoms with Gasteiger partial charge in [0.25, 0.3) is 0 Å². The summed E-state index contributed by atoms with van der Waals surface area (Å²) in [5.41, 5.74) is 1.07. The molecule has 0 unspecified atom stereocenters. The number of amides is 2. The molecule has 29 heavy (non-hydrogen) atoms. The predicted octanol–water partition coefficient (Wildman–Crippen LogP) is 5.63. The maximum atomic E-state index is 13.2. The third-order valence-corrected chi connectivity index (χ3v) is 5.50. The van der Waals surface area contributed by atoms with Crippen LogP contribution in [0.4, 0.5) is 0 Å². The highest BCUT2D eigenvalue weighted by atomic mass is 79.9. The van der Waals surface area contributed by atoms with Crippen LogP contribution in [0.1, 0.15) is 38.8 Å². The number of carbonyl (C=O) groups is 2. The molecule has 0 spiro atoms. The minimum atomic E-state index is -0.665. The summed E-state index contributed by atoms with van der Waals surface area (Å²) < 4.78 is 0.906. The van der Waals surface area contributed by atoms with Gasteiger partial charge in [-0.3, -0.25) is 9.59 Å². The Labute approximate surface area is 190 Å². The molecule has 2 aromatic rings. The number of nitrogens with one attached hydrogen (secondary N) is 1. The highest BCUT2D eigenvalue weighted by Crippen LogP contribution is 2.26. The topological polar surface area (TPSA) is 49.4 Å². The average Bonchev–Trinajstić information content (AvgIpc) is 2.61. The van der Waals surface area contributed by atoms with E-state index in [1.165, 1.54) is 0 Å². The first-order valence-electron chi connectivity index (χ1n) is 9.27. The number of benzene rings is 2. The molecular weight excluding hydrogens is 475 g/mol. The quantitative estimate of drug-likeness (QED) is 0.559. The van der Waals surface area contributed by atoms with Crippen LogP contribution in [-0.2, 0) is 22.6 Å². The van der Waals surface area contributed by atoms with Gasteiger partial charge in [-0.1, -0.05) is 57.3 Å². The van der Waals surface area contributed by atoms with Crippen molar-refractivity contribution in [3.05, 3.63) is 68.1 Å². The smallest absolute Gasteiger partial charge is 0.242 e. The molecule has 0 aromatic heterocycles. The second-order valence-corrected chi connectivity index (χ2v) is 9.67. The van der Waals surface area contributed by atoms with E-state index < -0.39 is 11.6 Å². The van der Waals surface area contributed by atoms with Crippen LogP contribution in [0, 0.1) is 0 Å². The van der Waals surface area contributed by atoms with Crippen molar-refractivity contribution in [3.63, 3.8) is 0 Å². The highest BCUT2D eigenvalue weighted by Gasteiger charge is 2.29. The van der Waals surface area contributed by atoms with Crippen LogP contribution in [0.15, 0.2) is 46.9 Å². The Hall–Kier alpha value is -1.56. The van der Waals surface area contributed by atoms with Crippen molar-refractivity contribution in [2.75, 3.05) is 0 Å². The van der Waals surface area contributed by atoms with Gasteiger partial charge in [-0.15, -0.1) is 0 Å². The number of halogens is 3. The molecule has 0 aliphatic rings. The standard InChI is InChI=1S/C22H25BrCl2N2O2/c1-14(21(29)26-22(2,3)4)27(13-15-7-5-8-16(23)11-15)20(28)12-17-18(24)9-6-10-19(17)25/h5-11,14H,12-13H2,1-4H3,(H,26,29)/t14-/m1/s1. The second kappa shape index (κ2) is 9.96. The Balaban J connectivity index is 2.32. The minimum absolute atomic E-state index is 0.0135. The molecule has 7 heteroatoms. The monoisotopic (exact) mass is 498 g/mol. The third-order valence-electron chi connectivity index (χ3n) is 4.30. The molecule has 0 aliphatic heterocycles. The molecule has 2 aromatic carbocycles. The van der Waals surface area contributed by atoms with Crippen molar-refractivity contribution in [2.45, 2.75) is 52.2 Å². The molecule has 0 fully saturated rings. The maximum Gasteiger partial charge on any atom is 0.242 e. The van der Waals surface area contributed by atoms with Gasteiger partial charge in [0, 0.05) is 26.6 Å².